The minimum Gasteiger partial charge on any atom is -0.454 e. The van der Waals surface area contributed by atoms with Gasteiger partial charge in [-0.25, -0.2) is 0 Å². The Hall–Kier alpha value is -3.29. The Morgan fingerprint density at radius 1 is 1.19 bits per heavy atom. The van der Waals surface area contributed by atoms with Crippen LogP contribution in [-0.2, 0) is 11.3 Å². The molecule has 0 saturated carbocycles. The molecule has 2 aromatic carbocycles. The van der Waals surface area contributed by atoms with Gasteiger partial charge in [0.2, 0.25) is 12.7 Å². The van der Waals surface area contributed by atoms with Gasteiger partial charge in [0.05, 0.1) is 12.8 Å². The van der Waals surface area contributed by atoms with Gasteiger partial charge in [0, 0.05) is 30.6 Å². The van der Waals surface area contributed by atoms with Crippen molar-refractivity contribution in [2.45, 2.75) is 32.0 Å². The molecule has 7 nitrogen and oxygen atoms in total. The molecule has 0 spiro atoms. The lowest BCUT2D eigenvalue weighted by Crippen LogP contribution is -2.43. The summed E-state index contributed by atoms with van der Waals surface area (Å²) in [4.78, 5) is 16.7. The summed E-state index contributed by atoms with van der Waals surface area (Å²) < 4.78 is 10.7. The average molecular weight is 436 g/mol. The fourth-order valence-corrected chi connectivity index (χ4v) is 3.73. The second-order valence-corrected chi connectivity index (χ2v) is 8.12. The van der Waals surface area contributed by atoms with Crippen LogP contribution in [0.3, 0.4) is 0 Å². The van der Waals surface area contributed by atoms with Gasteiger partial charge < -0.3 is 24.8 Å². The third-order valence-corrected chi connectivity index (χ3v) is 5.84. The van der Waals surface area contributed by atoms with E-state index in [2.05, 4.69) is 17.4 Å². The molecule has 0 saturated heterocycles. The molecule has 2 unspecified atom stereocenters. The summed E-state index contributed by atoms with van der Waals surface area (Å²) in [6.07, 6.45) is 5.75. The van der Waals surface area contributed by atoms with E-state index in [0.717, 1.165) is 5.56 Å². The molecule has 2 aliphatic rings. The smallest absolute Gasteiger partial charge is 0.249 e. The maximum Gasteiger partial charge on any atom is 0.249 e. The summed E-state index contributed by atoms with van der Waals surface area (Å²) in [5.41, 5.74) is 2.64. The van der Waals surface area contributed by atoms with Gasteiger partial charge in [0.25, 0.3) is 0 Å². The van der Waals surface area contributed by atoms with E-state index in [1.54, 1.807) is 12.1 Å². The van der Waals surface area contributed by atoms with E-state index in [9.17, 15) is 9.90 Å². The van der Waals surface area contributed by atoms with Crippen LogP contribution in [0.4, 0.5) is 0 Å². The van der Waals surface area contributed by atoms with Crippen molar-refractivity contribution in [1.82, 2.24) is 15.1 Å². The standard InChI is InChI=1S/C25H29N3O4/c1-18(24(29)20-10-11-22-23(13-20)32-17-31-22)27(2)16-26-25(30)21-9-6-12-28(15-21)14-19-7-4-3-5-8-19/h3-8,10-13,15,18,24,29H,9,14,16-17H2,1-2H3,(H,26,30). The first kappa shape index (κ1) is 21.9. The predicted octanol–water partition coefficient (Wildman–Crippen LogP) is 3.15. The Morgan fingerprint density at radius 3 is 2.78 bits per heavy atom. The summed E-state index contributed by atoms with van der Waals surface area (Å²) in [5, 5.41) is 13.8. The Morgan fingerprint density at radius 2 is 1.97 bits per heavy atom. The van der Waals surface area contributed by atoms with E-state index in [-0.39, 0.29) is 18.7 Å². The number of allylic oxidation sites excluding steroid dienone is 1. The molecule has 0 radical (unpaired) electrons. The van der Waals surface area contributed by atoms with Gasteiger partial charge in [-0.3, -0.25) is 9.69 Å². The number of hydrogen-bond acceptors (Lipinski definition) is 6. The number of nitrogens with one attached hydrogen (secondary N) is 1. The summed E-state index contributed by atoms with van der Waals surface area (Å²) in [6.45, 7) is 3.16. The van der Waals surface area contributed by atoms with Crippen LogP contribution in [0.15, 0.2) is 72.6 Å². The molecule has 1 amide bonds. The monoisotopic (exact) mass is 435 g/mol. The molecule has 0 aromatic heterocycles. The second-order valence-electron chi connectivity index (χ2n) is 8.12. The van der Waals surface area contributed by atoms with E-state index >= 15 is 0 Å². The van der Waals surface area contributed by atoms with Crippen molar-refractivity contribution in [2.75, 3.05) is 20.5 Å². The van der Waals surface area contributed by atoms with Crippen molar-refractivity contribution in [2.24, 2.45) is 0 Å². The molecule has 32 heavy (non-hydrogen) atoms. The molecule has 2 aliphatic heterocycles. The summed E-state index contributed by atoms with van der Waals surface area (Å²) in [5.74, 6) is 1.22. The lowest BCUT2D eigenvalue weighted by atomic mass is 10.0. The number of aliphatic hydroxyl groups excluding tert-OH is 1. The minimum absolute atomic E-state index is 0.107. The summed E-state index contributed by atoms with van der Waals surface area (Å²) in [6, 6.07) is 15.4. The van der Waals surface area contributed by atoms with Crippen LogP contribution in [-0.4, -0.2) is 47.4 Å². The fraction of sp³-hybridized carbons (Fsp3) is 0.320. The van der Waals surface area contributed by atoms with Crippen LogP contribution in [0.25, 0.3) is 0 Å². The number of rotatable bonds is 8. The molecule has 2 atom stereocenters. The van der Waals surface area contributed by atoms with Gasteiger partial charge in [-0.05, 0) is 43.7 Å². The van der Waals surface area contributed by atoms with Gasteiger partial charge in [0.15, 0.2) is 11.5 Å². The van der Waals surface area contributed by atoms with E-state index in [1.807, 2.05) is 66.5 Å². The molecular weight excluding hydrogens is 406 g/mol. The third-order valence-electron chi connectivity index (χ3n) is 5.84. The van der Waals surface area contributed by atoms with Gasteiger partial charge in [-0.15, -0.1) is 0 Å². The fourth-order valence-electron chi connectivity index (χ4n) is 3.73. The molecule has 168 valence electrons. The number of carbonyl (C=O) groups excluding carboxylic acids is 1. The molecule has 2 N–H and O–H groups in total. The molecule has 2 heterocycles. The van der Waals surface area contributed by atoms with Crippen LogP contribution in [0.2, 0.25) is 0 Å². The number of nitrogens with zero attached hydrogens (tertiary/aromatic N) is 2. The molecular formula is C25H29N3O4. The van der Waals surface area contributed by atoms with Crippen molar-refractivity contribution in [3.63, 3.8) is 0 Å². The highest BCUT2D eigenvalue weighted by Crippen LogP contribution is 2.35. The van der Waals surface area contributed by atoms with Crippen molar-refractivity contribution < 1.29 is 19.4 Å². The van der Waals surface area contributed by atoms with Crippen LogP contribution in [0.1, 0.15) is 30.6 Å². The highest BCUT2D eigenvalue weighted by molar-refractivity contribution is 5.93. The lowest BCUT2D eigenvalue weighted by molar-refractivity contribution is -0.118. The van der Waals surface area contributed by atoms with Crippen molar-refractivity contribution in [3.05, 3.63) is 83.7 Å². The third kappa shape index (κ3) is 5.12. The minimum atomic E-state index is -0.732. The zero-order valence-corrected chi connectivity index (χ0v) is 18.4. The normalized spacial score (nSPS) is 16.6. The highest BCUT2D eigenvalue weighted by atomic mass is 16.7. The number of ether oxygens (including phenoxy) is 2. The zero-order valence-electron chi connectivity index (χ0n) is 18.4. The largest absolute Gasteiger partial charge is 0.454 e. The number of likely N-dealkylation sites (N-methyl/N-ethyl adjacent to an activating group) is 1. The van der Waals surface area contributed by atoms with Crippen LogP contribution < -0.4 is 14.8 Å². The summed E-state index contributed by atoms with van der Waals surface area (Å²) in [7, 11) is 1.87. The Labute approximate surface area is 188 Å². The zero-order chi connectivity index (χ0) is 22.5. The van der Waals surface area contributed by atoms with E-state index < -0.39 is 6.10 Å². The van der Waals surface area contributed by atoms with Crippen LogP contribution in [0, 0.1) is 0 Å². The van der Waals surface area contributed by atoms with Crippen molar-refractivity contribution in [3.8, 4) is 11.5 Å². The lowest BCUT2D eigenvalue weighted by Gasteiger charge is -2.29. The Kier molecular flexibility index (Phi) is 6.78. The Bertz CT molecular complexity index is 1010. The van der Waals surface area contributed by atoms with Crippen LogP contribution >= 0.6 is 0 Å². The number of hydrogen-bond donors (Lipinski definition) is 2. The SMILES string of the molecule is CC(C(O)c1ccc2c(c1)OCO2)N(C)CNC(=O)C1=CN(Cc2ccccc2)C=CC1. The van der Waals surface area contributed by atoms with Crippen molar-refractivity contribution >= 4 is 5.91 Å². The van der Waals surface area contributed by atoms with Crippen LogP contribution in [0.5, 0.6) is 11.5 Å². The second kappa shape index (κ2) is 9.89. The molecule has 0 bridgehead atoms. The van der Waals surface area contributed by atoms with Gasteiger partial charge >= 0.3 is 0 Å². The number of fused-ring (bicyclic) bond motifs is 1. The van der Waals surface area contributed by atoms with Gasteiger partial charge in [0.1, 0.15) is 0 Å². The molecule has 0 aliphatic carbocycles. The Balaban J connectivity index is 1.30. The first-order chi connectivity index (χ1) is 15.5. The van der Waals surface area contributed by atoms with E-state index in [4.69, 9.17) is 9.47 Å². The van der Waals surface area contributed by atoms with Crippen molar-refractivity contribution in [1.29, 1.82) is 0 Å². The molecule has 2 aromatic rings. The number of aliphatic hydroxyl groups is 1. The van der Waals surface area contributed by atoms with E-state index in [0.29, 0.717) is 36.7 Å². The first-order valence-electron chi connectivity index (χ1n) is 10.7. The number of carbonyl (C=O) groups is 1. The van der Waals surface area contributed by atoms with E-state index in [1.165, 1.54) is 5.56 Å². The quantitative estimate of drug-likeness (QED) is 0.621. The number of amides is 1. The number of benzene rings is 2. The maximum absolute atomic E-state index is 12.7. The first-order valence-corrected chi connectivity index (χ1v) is 10.7. The average Bonchev–Trinajstić information content (AvgIpc) is 3.30. The molecule has 7 heteroatoms. The predicted molar refractivity (Wildman–Crippen MR) is 122 cm³/mol. The molecule has 4 rings (SSSR count). The topological polar surface area (TPSA) is 74.3 Å². The maximum atomic E-state index is 12.7. The van der Waals surface area contributed by atoms with Gasteiger partial charge in [-0.1, -0.05) is 42.5 Å². The molecule has 0 fully saturated rings. The summed E-state index contributed by atoms with van der Waals surface area (Å²) >= 11 is 0. The highest BCUT2D eigenvalue weighted by Gasteiger charge is 2.24. The van der Waals surface area contributed by atoms with Gasteiger partial charge in [-0.2, -0.15) is 0 Å².